The molecule has 1 aromatic carbocycles. The van der Waals surface area contributed by atoms with Gasteiger partial charge in [0.15, 0.2) is 0 Å². The van der Waals surface area contributed by atoms with Gasteiger partial charge in [-0.3, -0.25) is 14.6 Å². The number of rotatable bonds is 3. The molecule has 2 amide bonds. The van der Waals surface area contributed by atoms with E-state index in [1.165, 1.54) is 12.1 Å². The van der Waals surface area contributed by atoms with Crippen LogP contribution in [0.1, 0.15) is 24.1 Å². The molecule has 2 fully saturated rings. The number of nitriles is 1. The van der Waals surface area contributed by atoms with E-state index >= 15 is 0 Å². The molecule has 2 aliphatic rings. The Labute approximate surface area is 162 Å². The van der Waals surface area contributed by atoms with E-state index in [-0.39, 0.29) is 23.7 Å². The number of benzene rings is 1. The van der Waals surface area contributed by atoms with Crippen LogP contribution in [0.3, 0.4) is 0 Å². The largest absolute Gasteiger partial charge is 0.342 e. The van der Waals surface area contributed by atoms with Crippen LogP contribution in [0.25, 0.3) is 0 Å². The van der Waals surface area contributed by atoms with Crippen molar-refractivity contribution in [2.24, 2.45) is 5.41 Å². The van der Waals surface area contributed by atoms with Gasteiger partial charge in [0.1, 0.15) is 5.82 Å². The third-order valence-corrected chi connectivity index (χ3v) is 5.54. The molecular formula is C21H19FN4O2. The minimum Gasteiger partial charge on any atom is -0.342 e. The number of aromatic nitrogens is 1. The first-order chi connectivity index (χ1) is 13.5. The van der Waals surface area contributed by atoms with Gasteiger partial charge >= 0.3 is 0 Å². The van der Waals surface area contributed by atoms with Crippen molar-refractivity contribution in [1.29, 1.82) is 5.26 Å². The maximum atomic E-state index is 13.0. The van der Waals surface area contributed by atoms with Crippen molar-refractivity contribution in [3.05, 3.63) is 59.7 Å². The summed E-state index contributed by atoms with van der Waals surface area (Å²) in [6, 6.07) is 11.9. The molecular weight excluding hydrogens is 359 g/mol. The second-order valence-electron chi connectivity index (χ2n) is 7.53. The second-order valence-corrected chi connectivity index (χ2v) is 7.53. The van der Waals surface area contributed by atoms with Gasteiger partial charge in [-0.1, -0.05) is 0 Å². The Morgan fingerprint density at radius 3 is 2.68 bits per heavy atom. The molecule has 2 aliphatic heterocycles. The lowest BCUT2D eigenvalue weighted by molar-refractivity contribution is -0.130. The molecule has 1 aromatic heterocycles. The zero-order valence-corrected chi connectivity index (χ0v) is 15.3. The minimum atomic E-state index is -0.427. The topological polar surface area (TPSA) is 77.3 Å². The number of nitrogens with zero attached hydrogens (tertiary/aromatic N) is 4. The molecule has 7 heteroatoms. The van der Waals surface area contributed by atoms with Gasteiger partial charge in [0, 0.05) is 42.9 Å². The number of hydrogen-bond acceptors (Lipinski definition) is 4. The van der Waals surface area contributed by atoms with E-state index in [0.717, 1.165) is 18.3 Å². The fourth-order valence-electron chi connectivity index (χ4n) is 4.05. The van der Waals surface area contributed by atoms with Gasteiger partial charge in [-0.25, -0.2) is 4.39 Å². The highest BCUT2D eigenvalue weighted by molar-refractivity contribution is 5.96. The van der Waals surface area contributed by atoms with Crippen LogP contribution in [-0.2, 0) is 16.0 Å². The van der Waals surface area contributed by atoms with Crippen LogP contribution >= 0.6 is 0 Å². The highest BCUT2D eigenvalue weighted by atomic mass is 19.1. The van der Waals surface area contributed by atoms with E-state index < -0.39 is 5.82 Å². The van der Waals surface area contributed by atoms with Crippen molar-refractivity contribution >= 4 is 17.5 Å². The normalized spacial score (nSPS) is 21.4. The Morgan fingerprint density at radius 1 is 1.21 bits per heavy atom. The van der Waals surface area contributed by atoms with Crippen LogP contribution in [0.2, 0.25) is 0 Å². The Bertz CT molecular complexity index is 952. The number of carbonyl (C=O) groups is 2. The minimum absolute atomic E-state index is 0.0409. The highest BCUT2D eigenvalue weighted by Gasteiger charge is 2.48. The summed E-state index contributed by atoms with van der Waals surface area (Å²) in [5.41, 5.74) is 1.63. The molecule has 28 heavy (non-hydrogen) atoms. The fraction of sp³-hybridized carbons (Fsp3) is 0.333. The summed E-state index contributed by atoms with van der Waals surface area (Å²) < 4.78 is 13.0. The van der Waals surface area contributed by atoms with Gasteiger partial charge in [0.2, 0.25) is 11.8 Å². The molecule has 2 saturated heterocycles. The lowest BCUT2D eigenvalue weighted by Gasteiger charge is -2.24. The lowest BCUT2D eigenvalue weighted by atomic mass is 9.86. The molecule has 4 rings (SSSR count). The number of anilines is 1. The van der Waals surface area contributed by atoms with Crippen LogP contribution in [0, 0.1) is 22.6 Å². The average Bonchev–Trinajstić information content (AvgIpc) is 3.26. The standard InChI is InChI=1S/C21H19FN4O2/c22-16-3-4-17(24-12-16)9-19(27)25-8-7-21(13-25)10-20(28)26(14-21)18-5-1-15(11-23)2-6-18/h1-6,12H,7-10,13-14H2. The lowest BCUT2D eigenvalue weighted by Crippen LogP contribution is -2.35. The summed E-state index contributed by atoms with van der Waals surface area (Å²) in [7, 11) is 0. The van der Waals surface area contributed by atoms with Crippen LogP contribution in [0.15, 0.2) is 42.6 Å². The van der Waals surface area contributed by atoms with Crippen LogP contribution in [0.5, 0.6) is 0 Å². The molecule has 3 heterocycles. The number of hydrogen-bond donors (Lipinski definition) is 0. The summed E-state index contributed by atoms with van der Waals surface area (Å²) in [4.78, 5) is 32.7. The smallest absolute Gasteiger partial charge is 0.228 e. The van der Waals surface area contributed by atoms with Crippen molar-refractivity contribution in [3.8, 4) is 6.07 Å². The van der Waals surface area contributed by atoms with Crippen LogP contribution in [-0.4, -0.2) is 41.3 Å². The molecule has 1 unspecified atom stereocenters. The average molecular weight is 378 g/mol. The van der Waals surface area contributed by atoms with E-state index in [2.05, 4.69) is 11.1 Å². The van der Waals surface area contributed by atoms with E-state index in [0.29, 0.717) is 37.3 Å². The number of amides is 2. The third-order valence-electron chi connectivity index (χ3n) is 5.54. The van der Waals surface area contributed by atoms with Crippen molar-refractivity contribution in [1.82, 2.24) is 9.88 Å². The third kappa shape index (κ3) is 3.46. The molecule has 1 atom stereocenters. The summed E-state index contributed by atoms with van der Waals surface area (Å²) >= 11 is 0. The first-order valence-electron chi connectivity index (χ1n) is 9.17. The Morgan fingerprint density at radius 2 is 2.00 bits per heavy atom. The summed E-state index contributed by atoms with van der Waals surface area (Å²) in [5.74, 6) is -0.442. The summed E-state index contributed by atoms with van der Waals surface area (Å²) in [5, 5.41) is 8.92. The van der Waals surface area contributed by atoms with Gasteiger partial charge < -0.3 is 9.80 Å². The SMILES string of the molecule is N#Cc1ccc(N2CC3(CCN(C(=O)Cc4ccc(F)cn4)C3)CC2=O)cc1. The van der Waals surface area contributed by atoms with Crippen molar-refractivity contribution < 1.29 is 14.0 Å². The zero-order valence-electron chi connectivity index (χ0n) is 15.3. The van der Waals surface area contributed by atoms with E-state index in [9.17, 15) is 14.0 Å². The Balaban J connectivity index is 1.42. The summed E-state index contributed by atoms with van der Waals surface area (Å²) in [6.45, 7) is 1.70. The van der Waals surface area contributed by atoms with Gasteiger partial charge in [0.05, 0.1) is 24.3 Å². The monoisotopic (exact) mass is 378 g/mol. The molecule has 142 valence electrons. The number of carbonyl (C=O) groups excluding carboxylic acids is 2. The second kappa shape index (κ2) is 7.04. The van der Waals surface area contributed by atoms with Crippen molar-refractivity contribution in [2.75, 3.05) is 24.5 Å². The van der Waals surface area contributed by atoms with Gasteiger partial charge in [0.25, 0.3) is 0 Å². The number of halogens is 1. The molecule has 1 spiro atoms. The zero-order chi connectivity index (χ0) is 19.7. The van der Waals surface area contributed by atoms with Gasteiger partial charge in [-0.05, 0) is 42.8 Å². The quantitative estimate of drug-likeness (QED) is 0.821. The van der Waals surface area contributed by atoms with Gasteiger partial charge in [-0.15, -0.1) is 0 Å². The maximum Gasteiger partial charge on any atom is 0.228 e. The highest BCUT2D eigenvalue weighted by Crippen LogP contribution is 2.42. The van der Waals surface area contributed by atoms with Crippen molar-refractivity contribution in [2.45, 2.75) is 19.3 Å². The maximum absolute atomic E-state index is 13.0. The molecule has 0 saturated carbocycles. The molecule has 0 aliphatic carbocycles. The molecule has 0 radical (unpaired) electrons. The van der Waals surface area contributed by atoms with Crippen LogP contribution < -0.4 is 4.90 Å². The number of likely N-dealkylation sites (tertiary alicyclic amines) is 1. The molecule has 2 aromatic rings. The molecule has 0 N–H and O–H groups in total. The van der Waals surface area contributed by atoms with Crippen LogP contribution in [0.4, 0.5) is 10.1 Å². The first-order valence-corrected chi connectivity index (χ1v) is 9.17. The van der Waals surface area contributed by atoms with E-state index in [1.807, 2.05) is 0 Å². The predicted molar refractivity (Wildman–Crippen MR) is 99.7 cm³/mol. The predicted octanol–water partition coefficient (Wildman–Crippen LogP) is 2.29. The van der Waals surface area contributed by atoms with E-state index in [1.54, 1.807) is 34.1 Å². The first kappa shape index (κ1) is 18.1. The Hall–Kier alpha value is -3.27. The van der Waals surface area contributed by atoms with Crippen molar-refractivity contribution in [3.63, 3.8) is 0 Å². The van der Waals surface area contributed by atoms with E-state index in [4.69, 9.17) is 5.26 Å². The number of pyridine rings is 1. The fourth-order valence-corrected chi connectivity index (χ4v) is 4.05. The Kier molecular flexibility index (Phi) is 4.55. The van der Waals surface area contributed by atoms with Gasteiger partial charge in [-0.2, -0.15) is 5.26 Å². The molecule has 0 bridgehead atoms. The summed E-state index contributed by atoms with van der Waals surface area (Å²) in [6.07, 6.45) is 2.42. The molecule has 6 nitrogen and oxygen atoms in total.